The van der Waals surface area contributed by atoms with Gasteiger partial charge in [0.15, 0.2) is 0 Å². The Morgan fingerprint density at radius 3 is 2.27 bits per heavy atom. The molecule has 4 aromatic rings. The zero-order chi connectivity index (χ0) is 28.0. The molecule has 0 bridgehead atoms. The first-order chi connectivity index (χ1) is 19.2. The number of fused-ring (bicyclic) bond motifs is 2. The van der Waals surface area contributed by atoms with Crippen LogP contribution >= 0.6 is 11.3 Å². The molecule has 0 aliphatic carbocycles. The molecule has 0 unspecified atom stereocenters. The number of benzene rings is 1. The minimum Gasteiger partial charge on any atom is -0.420 e. The Hall–Kier alpha value is -4.18. The summed E-state index contributed by atoms with van der Waals surface area (Å²) in [6.45, 7) is 9.19. The van der Waals surface area contributed by atoms with E-state index in [0.717, 1.165) is 53.3 Å². The summed E-state index contributed by atoms with van der Waals surface area (Å²) in [4.78, 5) is 37.8. The summed E-state index contributed by atoms with van der Waals surface area (Å²) in [5.74, 6) is 0.376. The third-order valence-corrected chi connectivity index (χ3v) is 8.36. The number of rotatable bonds is 5. The van der Waals surface area contributed by atoms with Gasteiger partial charge in [0.2, 0.25) is 22.8 Å². The number of aromatic nitrogens is 4. The van der Waals surface area contributed by atoms with Crippen molar-refractivity contribution in [1.82, 2.24) is 25.1 Å². The molecule has 1 saturated heterocycles. The number of nitrogens with one attached hydrogen (secondary N) is 1. The monoisotopic (exact) mass is 554 g/mol. The molecule has 2 amide bonds. The van der Waals surface area contributed by atoms with E-state index in [-0.39, 0.29) is 17.7 Å². The lowest BCUT2D eigenvalue weighted by atomic mass is 9.70. The van der Waals surface area contributed by atoms with Gasteiger partial charge >= 0.3 is 0 Å². The van der Waals surface area contributed by atoms with Gasteiger partial charge in [-0.3, -0.25) is 9.59 Å². The highest BCUT2D eigenvalue weighted by Crippen LogP contribution is 2.51. The number of carbonyl (C=O) groups excluding carboxylic acids is 2. The standard InChI is InChI=1S/C30H30N6O3S/c1-17-7-12-21-24(30(3,4)28(38)33-29-35-34-18(2)40-29)22-13-14-23(32-26(22)39-25(21)31-17)19-8-10-20(11-9-19)27(37)36-15-5-6-16-36/h7-14,24H,5-6,15-16H2,1-4H3,(H,33,35,38)/t24-/m0/s1. The summed E-state index contributed by atoms with van der Waals surface area (Å²) in [6.07, 6.45) is 2.11. The smallest absolute Gasteiger partial charge is 0.253 e. The predicted molar refractivity (Wildman–Crippen MR) is 153 cm³/mol. The normalized spacial score (nSPS) is 16.2. The van der Waals surface area contributed by atoms with E-state index < -0.39 is 5.41 Å². The minimum atomic E-state index is -0.898. The van der Waals surface area contributed by atoms with Crippen molar-refractivity contribution in [3.8, 4) is 23.0 Å². The number of pyridine rings is 2. The summed E-state index contributed by atoms with van der Waals surface area (Å²) in [6, 6.07) is 15.3. The second-order valence-corrected chi connectivity index (χ2v) is 12.0. The number of ether oxygens (including phenoxy) is 1. The van der Waals surface area contributed by atoms with E-state index in [0.29, 0.717) is 28.1 Å². The molecule has 1 aromatic carbocycles. The number of carbonyl (C=O) groups is 2. The Labute approximate surface area is 236 Å². The van der Waals surface area contributed by atoms with Crippen LogP contribution in [0.5, 0.6) is 11.8 Å². The second kappa shape index (κ2) is 10.1. The molecule has 9 nitrogen and oxygen atoms in total. The zero-order valence-corrected chi connectivity index (χ0v) is 23.7. The highest BCUT2D eigenvalue weighted by molar-refractivity contribution is 7.15. The van der Waals surface area contributed by atoms with Gasteiger partial charge in [-0.05, 0) is 51.0 Å². The fraction of sp³-hybridized carbons (Fsp3) is 0.333. The number of anilines is 1. The van der Waals surface area contributed by atoms with Crippen LogP contribution in [0, 0.1) is 19.3 Å². The lowest BCUT2D eigenvalue weighted by Gasteiger charge is -2.37. The first-order valence-electron chi connectivity index (χ1n) is 13.4. The van der Waals surface area contributed by atoms with Crippen LogP contribution in [0.3, 0.4) is 0 Å². The quantitative estimate of drug-likeness (QED) is 0.334. The van der Waals surface area contributed by atoms with Gasteiger partial charge in [-0.15, -0.1) is 10.2 Å². The molecule has 1 N–H and O–H groups in total. The predicted octanol–water partition coefficient (Wildman–Crippen LogP) is 5.75. The molecule has 10 heteroatoms. The molecule has 5 heterocycles. The first-order valence-corrected chi connectivity index (χ1v) is 14.2. The third kappa shape index (κ3) is 4.72. The Morgan fingerprint density at radius 1 is 0.925 bits per heavy atom. The van der Waals surface area contributed by atoms with Gasteiger partial charge in [0.25, 0.3) is 5.91 Å². The largest absolute Gasteiger partial charge is 0.420 e. The second-order valence-electron chi connectivity index (χ2n) is 10.9. The van der Waals surface area contributed by atoms with E-state index in [1.165, 1.54) is 11.3 Å². The average Bonchev–Trinajstić information content (AvgIpc) is 3.63. The molecule has 0 saturated carbocycles. The van der Waals surface area contributed by atoms with Crippen molar-refractivity contribution in [1.29, 1.82) is 0 Å². The molecular formula is C30H30N6O3S. The molecule has 6 rings (SSSR count). The van der Waals surface area contributed by atoms with Crippen LogP contribution in [0.1, 0.15) is 64.8 Å². The maximum Gasteiger partial charge on any atom is 0.253 e. The highest BCUT2D eigenvalue weighted by Gasteiger charge is 2.45. The molecule has 40 heavy (non-hydrogen) atoms. The number of hydrogen-bond acceptors (Lipinski definition) is 8. The van der Waals surface area contributed by atoms with Crippen LogP contribution in [0.15, 0.2) is 48.5 Å². The van der Waals surface area contributed by atoms with E-state index in [9.17, 15) is 9.59 Å². The molecular weight excluding hydrogens is 524 g/mol. The number of hydrogen-bond donors (Lipinski definition) is 1. The van der Waals surface area contributed by atoms with E-state index in [4.69, 9.17) is 9.72 Å². The summed E-state index contributed by atoms with van der Waals surface area (Å²) in [5.41, 5.74) is 3.79. The van der Waals surface area contributed by atoms with Crippen molar-refractivity contribution in [3.63, 3.8) is 0 Å². The van der Waals surface area contributed by atoms with Crippen molar-refractivity contribution in [2.45, 2.75) is 46.5 Å². The summed E-state index contributed by atoms with van der Waals surface area (Å²) in [5, 5.41) is 12.3. The van der Waals surface area contributed by atoms with Crippen LogP contribution < -0.4 is 10.1 Å². The van der Waals surface area contributed by atoms with Crippen LogP contribution in [0.2, 0.25) is 0 Å². The van der Waals surface area contributed by atoms with Crippen molar-refractivity contribution in [2.24, 2.45) is 5.41 Å². The summed E-state index contributed by atoms with van der Waals surface area (Å²) >= 11 is 1.33. The highest BCUT2D eigenvalue weighted by atomic mass is 32.1. The van der Waals surface area contributed by atoms with Gasteiger partial charge in [0, 0.05) is 47.0 Å². The topological polar surface area (TPSA) is 110 Å². The van der Waals surface area contributed by atoms with Crippen LogP contribution in [-0.2, 0) is 4.79 Å². The van der Waals surface area contributed by atoms with Gasteiger partial charge < -0.3 is 15.0 Å². The molecule has 204 valence electrons. The number of nitrogens with zero attached hydrogens (tertiary/aromatic N) is 5. The van der Waals surface area contributed by atoms with E-state index >= 15 is 0 Å². The number of aryl methyl sites for hydroxylation is 2. The molecule has 1 atom stereocenters. The molecule has 0 radical (unpaired) electrons. The Kier molecular flexibility index (Phi) is 6.58. The van der Waals surface area contributed by atoms with Crippen LogP contribution in [0.25, 0.3) is 11.3 Å². The minimum absolute atomic E-state index is 0.0656. The zero-order valence-electron chi connectivity index (χ0n) is 22.9. The number of likely N-dealkylation sites (tertiary alicyclic amines) is 1. The molecule has 1 fully saturated rings. The van der Waals surface area contributed by atoms with Crippen molar-refractivity contribution >= 4 is 28.3 Å². The van der Waals surface area contributed by atoms with Gasteiger partial charge in [0.1, 0.15) is 5.01 Å². The van der Waals surface area contributed by atoms with E-state index in [1.54, 1.807) is 0 Å². The number of amides is 2. The van der Waals surface area contributed by atoms with Crippen LogP contribution in [0.4, 0.5) is 5.13 Å². The third-order valence-electron chi connectivity index (χ3n) is 7.61. The first kappa shape index (κ1) is 26.1. The molecule has 3 aromatic heterocycles. The lowest BCUT2D eigenvalue weighted by molar-refractivity contribution is -0.124. The fourth-order valence-electron chi connectivity index (χ4n) is 5.42. The van der Waals surface area contributed by atoms with E-state index in [2.05, 4.69) is 20.5 Å². The average molecular weight is 555 g/mol. The van der Waals surface area contributed by atoms with Gasteiger partial charge in [-0.1, -0.05) is 49.4 Å². The van der Waals surface area contributed by atoms with Gasteiger partial charge in [0.05, 0.1) is 11.1 Å². The maximum atomic E-state index is 13.6. The Morgan fingerprint density at radius 2 is 1.60 bits per heavy atom. The fourth-order valence-corrected chi connectivity index (χ4v) is 6.00. The van der Waals surface area contributed by atoms with Gasteiger partial charge in [-0.2, -0.15) is 0 Å². The van der Waals surface area contributed by atoms with Crippen LogP contribution in [-0.4, -0.2) is 50.0 Å². The maximum absolute atomic E-state index is 13.6. The Balaban J connectivity index is 1.34. The van der Waals surface area contributed by atoms with E-state index in [1.807, 2.05) is 81.1 Å². The lowest BCUT2D eigenvalue weighted by Crippen LogP contribution is -2.38. The molecule has 0 spiro atoms. The molecule has 2 aliphatic rings. The molecule has 2 aliphatic heterocycles. The van der Waals surface area contributed by atoms with Gasteiger partial charge in [-0.25, -0.2) is 9.97 Å². The SMILES string of the molecule is Cc1ccc2c(n1)Oc1nc(-c3ccc(C(=O)N4CCCC4)cc3)ccc1[C@H]2C(C)(C)C(=O)Nc1nnc(C)s1. The summed E-state index contributed by atoms with van der Waals surface area (Å²) in [7, 11) is 0. The summed E-state index contributed by atoms with van der Waals surface area (Å²) < 4.78 is 6.24. The van der Waals surface area contributed by atoms with Crippen molar-refractivity contribution in [3.05, 3.63) is 75.9 Å². The Bertz CT molecular complexity index is 1610. The van der Waals surface area contributed by atoms with Crippen molar-refractivity contribution in [2.75, 3.05) is 18.4 Å². The van der Waals surface area contributed by atoms with Crippen molar-refractivity contribution < 1.29 is 14.3 Å².